The maximum Gasteiger partial charge on any atom is 0.573 e. The highest BCUT2D eigenvalue weighted by Gasteiger charge is 2.40. The maximum atomic E-state index is 12.4. The fraction of sp³-hybridized carbons (Fsp3) is 0.455. The van der Waals surface area contributed by atoms with Crippen molar-refractivity contribution in [2.45, 2.75) is 37.3 Å². The largest absolute Gasteiger partial charge is 0.573 e. The second kappa shape index (κ2) is 6.36. The van der Waals surface area contributed by atoms with E-state index in [0.29, 0.717) is 6.92 Å². The molecule has 23 heavy (non-hydrogen) atoms. The van der Waals surface area contributed by atoms with Crippen molar-refractivity contribution in [3.8, 4) is 5.75 Å². The minimum atomic E-state index is -5.15. The molecule has 0 saturated heterocycles. The Morgan fingerprint density at radius 3 is 2.13 bits per heavy atom. The minimum absolute atomic E-state index is 0.143. The molecular weight excluding hydrogens is 376 g/mol. The Kier molecular flexibility index (Phi) is 5.49. The van der Waals surface area contributed by atoms with E-state index in [1.54, 1.807) is 0 Å². The molecule has 12 heteroatoms. The molecule has 132 valence electrons. The Balaban J connectivity index is 3.31. The molecule has 0 amide bonds. The fourth-order valence-electron chi connectivity index (χ4n) is 1.45. The van der Waals surface area contributed by atoms with Gasteiger partial charge < -0.3 is 4.74 Å². The molecule has 0 aliphatic heterocycles. The zero-order valence-corrected chi connectivity index (χ0v) is 13.1. The van der Waals surface area contributed by atoms with E-state index in [0.717, 1.165) is 19.1 Å². The number of benzene rings is 1. The third kappa shape index (κ3) is 5.15. The van der Waals surface area contributed by atoms with E-state index in [9.17, 15) is 34.8 Å². The second-order valence-electron chi connectivity index (χ2n) is 4.46. The molecule has 0 aliphatic rings. The highest BCUT2D eigenvalue weighted by molar-refractivity contribution is 7.89. The van der Waals surface area contributed by atoms with Gasteiger partial charge in [0.2, 0.25) is 10.0 Å². The van der Waals surface area contributed by atoms with Crippen molar-refractivity contribution in [1.82, 2.24) is 4.72 Å². The van der Waals surface area contributed by atoms with Crippen LogP contribution < -0.4 is 9.46 Å². The number of rotatable bonds is 4. The Morgan fingerprint density at radius 2 is 1.70 bits per heavy atom. The van der Waals surface area contributed by atoms with Crippen molar-refractivity contribution in [1.29, 1.82) is 0 Å². The maximum absolute atomic E-state index is 12.4. The molecule has 0 aromatic heterocycles. The first-order chi connectivity index (χ1) is 10.1. The van der Waals surface area contributed by atoms with Crippen molar-refractivity contribution >= 4 is 21.6 Å². The van der Waals surface area contributed by atoms with Crippen LogP contribution in [0.4, 0.5) is 26.3 Å². The number of hydrogen-bond acceptors (Lipinski definition) is 3. The number of aryl methyl sites for hydroxylation is 1. The number of ether oxygens (including phenoxy) is 1. The Morgan fingerprint density at radius 1 is 1.17 bits per heavy atom. The van der Waals surface area contributed by atoms with Gasteiger partial charge in [0.25, 0.3) is 0 Å². The standard InChI is InChI=1S/C11H10ClF6NO3S/c1-5-3-4-7(8(12)9(5)22-11(16,17)18)23(20,21)19-6(2)10(13,14)15/h3-4,6,19H,1-2H3/t6-/m0/s1. The topological polar surface area (TPSA) is 55.4 Å². The summed E-state index contributed by atoms with van der Waals surface area (Å²) in [6.45, 7) is 1.70. The minimum Gasteiger partial charge on any atom is -0.404 e. The van der Waals surface area contributed by atoms with Gasteiger partial charge in [0.05, 0.1) is 0 Å². The van der Waals surface area contributed by atoms with Crippen molar-refractivity contribution in [3.05, 3.63) is 22.7 Å². The molecule has 1 rings (SSSR count). The molecule has 4 nitrogen and oxygen atoms in total. The molecule has 0 saturated carbocycles. The molecule has 0 radical (unpaired) electrons. The van der Waals surface area contributed by atoms with Crippen LogP contribution in [0, 0.1) is 6.92 Å². The van der Waals surface area contributed by atoms with Crippen LogP contribution in [0.2, 0.25) is 5.02 Å². The average Bonchev–Trinajstić information content (AvgIpc) is 2.31. The van der Waals surface area contributed by atoms with Crippen LogP contribution in [0.15, 0.2) is 17.0 Å². The molecule has 1 atom stereocenters. The lowest BCUT2D eigenvalue weighted by Crippen LogP contribution is -2.43. The Hall–Kier alpha value is -1.20. The molecule has 0 aliphatic carbocycles. The van der Waals surface area contributed by atoms with Gasteiger partial charge in [0.1, 0.15) is 16.0 Å². The summed E-state index contributed by atoms with van der Waals surface area (Å²) >= 11 is 5.58. The summed E-state index contributed by atoms with van der Waals surface area (Å²) in [6.07, 6.45) is -10.0. The molecule has 0 unspecified atom stereocenters. The summed E-state index contributed by atoms with van der Waals surface area (Å²) < 4.78 is 103. The van der Waals surface area contributed by atoms with E-state index in [4.69, 9.17) is 11.6 Å². The van der Waals surface area contributed by atoms with E-state index in [1.807, 2.05) is 0 Å². The molecular formula is C11H10ClF6NO3S. The van der Waals surface area contributed by atoms with Crippen molar-refractivity contribution < 1.29 is 39.5 Å². The number of alkyl halides is 6. The molecule has 1 N–H and O–H groups in total. The highest BCUT2D eigenvalue weighted by Crippen LogP contribution is 2.38. The van der Waals surface area contributed by atoms with Crippen LogP contribution in [0.25, 0.3) is 0 Å². The van der Waals surface area contributed by atoms with Gasteiger partial charge in [-0.3, -0.25) is 0 Å². The number of hydrogen-bond donors (Lipinski definition) is 1. The summed E-state index contributed by atoms with van der Waals surface area (Å²) in [5.74, 6) is -0.998. The van der Waals surface area contributed by atoms with Crippen LogP contribution in [0.3, 0.4) is 0 Å². The Labute approximate surface area is 132 Å². The van der Waals surface area contributed by atoms with E-state index >= 15 is 0 Å². The number of nitrogens with one attached hydrogen (secondary N) is 1. The SMILES string of the molecule is Cc1ccc(S(=O)(=O)N[C@@H](C)C(F)(F)F)c(Cl)c1OC(F)(F)F. The molecule has 0 heterocycles. The highest BCUT2D eigenvalue weighted by atomic mass is 35.5. The molecule has 0 fully saturated rings. The summed E-state index contributed by atoms with van der Waals surface area (Å²) in [4.78, 5) is -0.958. The molecule has 0 bridgehead atoms. The zero-order valence-electron chi connectivity index (χ0n) is 11.5. The second-order valence-corrected chi connectivity index (χ2v) is 6.52. The summed E-state index contributed by atoms with van der Waals surface area (Å²) in [7, 11) is -4.82. The normalized spacial score (nSPS) is 14.7. The average molecular weight is 386 g/mol. The lowest BCUT2D eigenvalue weighted by atomic mass is 10.2. The van der Waals surface area contributed by atoms with Gasteiger partial charge in [-0.15, -0.1) is 13.2 Å². The van der Waals surface area contributed by atoms with Crippen LogP contribution in [0.5, 0.6) is 5.75 Å². The number of sulfonamides is 1. The van der Waals surface area contributed by atoms with E-state index < -0.39 is 44.3 Å². The van der Waals surface area contributed by atoms with Crippen LogP contribution in [-0.4, -0.2) is 27.0 Å². The van der Waals surface area contributed by atoms with E-state index in [2.05, 4.69) is 4.74 Å². The van der Waals surface area contributed by atoms with Gasteiger partial charge in [-0.25, -0.2) is 8.42 Å². The van der Waals surface area contributed by atoms with Crippen molar-refractivity contribution in [3.63, 3.8) is 0 Å². The fourth-order valence-corrected chi connectivity index (χ4v) is 3.30. The quantitative estimate of drug-likeness (QED) is 0.803. The van der Waals surface area contributed by atoms with Crippen LogP contribution >= 0.6 is 11.6 Å². The van der Waals surface area contributed by atoms with Gasteiger partial charge in [-0.2, -0.15) is 17.9 Å². The first kappa shape index (κ1) is 19.8. The van der Waals surface area contributed by atoms with Gasteiger partial charge >= 0.3 is 12.5 Å². The third-order valence-electron chi connectivity index (χ3n) is 2.59. The van der Waals surface area contributed by atoms with E-state index in [1.165, 1.54) is 4.72 Å². The molecule has 1 aromatic rings. The first-order valence-corrected chi connectivity index (χ1v) is 7.65. The van der Waals surface area contributed by atoms with Crippen LogP contribution in [-0.2, 0) is 10.0 Å². The lowest BCUT2D eigenvalue weighted by Gasteiger charge is -2.19. The summed E-state index contributed by atoms with van der Waals surface area (Å²) in [6, 6.07) is -0.747. The van der Waals surface area contributed by atoms with Crippen molar-refractivity contribution in [2.24, 2.45) is 0 Å². The van der Waals surface area contributed by atoms with E-state index in [-0.39, 0.29) is 5.56 Å². The molecule has 0 spiro atoms. The van der Waals surface area contributed by atoms with Gasteiger partial charge in [0, 0.05) is 0 Å². The van der Waals surface area contributed by atoms with Crippen LogP contribution in [0.1, 0.15) is 12.5 Å². The Bertz CT molecular complexity index is 686. The van der Waals surface area contributed by atoms with Gasteiger partial charge in [0.15, 0.2) is 5.75 Å². The van der Waals surface area contributed by atoms with Gasteiger partial charge in [-0.1, -0.05) is 17.7 Å². The first-order valence-electron chi connectivity index (χ1n) is 5.79. The number of halogens is 7. The predicted octanol–water partition coefficient (Wildman–Crippen LogP) is 3.78. The zero-order chi connectivity index (χ0) is 18.2. The van der Waals surface area contributed by atoms with Crippen molar-refractivity contribution in [2.75, 3.05) is 0 Å². The lowest BCUT2D eigenvalue weighted by molar-refractivity contribution is -0.274. The smallest absolute Gasteiger partial charge is 0.404 e. The third-order valence-corrected chi connectivity index (χ3v) is 4.66. The summed E-state index contributed by atoms with van der Waals surface area (Å²) in [5.41, 5.74) is -0.143. The summed E-state index contributed by atoms with van der Waals surface area (Å²) in [5, 5.41) is -0.968. The molecule has 1 aromatic carbocycles. The predicted molar refractivity (Wildman–Crippen MR) is 68.7 cm³/mol. The monoisotopic (exact) mass is 385 g/mol. The van der Waals surface area contributed by atoms with Gasteiger partial charge in [-0.05, 0) is 25.5 Å².